The first-order valence-corrected chi connectivity index (χ1v) is 8.34. The van der Waals surface area contributed by atoms with Gasteiger partial charge < -0.3 is 15.0 Å². The number of morpholine rings is 1. The molecule has 0 bridgehead atoms. The summed E-state index contributed by atoms with van der Waals surface area (Å²) in [6.07, 6.45) is 2.57. The molecule has 116 valence electrons. The van der Waals surface area contributed by atoms with Crippen LogP contribution in [0.2, 0.25) is 0 Å². The Morgan fingerprint density at radius 2 is 2.33 bits per heavy atom. The van der Waals surface area contributed by atoms with Gasteiger partial charge in [-0.15, -0.1) is 0 Å². The predicted molar refractivity (Wildman–Crippen MR) is 73.0 cm³/mol. The lowest BCUT2D eigenvalue weighted by Gasteiger charge is -2.33. The number of sulfonamides is 1. The van der Waals surface area contributed by atoms with Crippen molar-refractivity contribution in [2.24, 2.45) is 0 Å². The molecule has 0 radical (unpaired) electrons. The zero-order chi connectivity index (χ0) is 15.1. The van der Waals surface area contributed by atoms with E-state index in [9.17, 15) is 13.2 Å². The average molecular weight is 314 g/mol. The monoisotopic (exact) mass is 314 g/mol. The molecule has 3 heterocycles. The smallest absolute Gasteiger partial charge is 0.260 e. The molecule has 1 amide bonds. The van der Waals surface area contributed by atoms with Crippen molar-refractivity contribution in [2.45, 2.75) is 30.4 Å². The van der Waals surface area contributed by atoms with Crippen molar-refractivity contribution in [1.82, 2.24) is 19.6 Å². The van der Waals surface area contributed by atoms with Gasteiger partial charge in [0.25, 0.3) is 10.0 Å². The number of nitrogens with one attached hydrogen (secondary N) is 2. The van der Waals surface area contributed by atoms with Gasteiger partial charge in [0.1, 0.15) is 18.0 Å². The molecule has 1 spiro atoms. The molecule has 1 aromatic rings. The van der Waals surface area contributed by atoms with E-state index in [1.54, 1.807) is 0 Å². The van der Waals surface area contributed by atoms with Crippen LogP contribution in [0.3, 0.4) is 0 Å². The summed E-state index contributed by atoms with van der Waals surface area (Å²) in [6, 6.07) is 0. The van der Waals surface area contributed by atoms with Crippen molar-refractivity contribution in [2.75, 3.05) is 26.2 Å². The van der Waals surface area contributed by atoms with Gasteiger partial charge in [0.15, 0.2) is 5.03 Å². The van der Waals surface area contributed by atoms with E-state index in [-0.39, 0.29) is 24.1 Å². The van der Waals surface area contributed by atoms with Gasteiger partial charge in [-0.2, -0.15) is 4.31 Å². The van der Waals surface area contributed by atoms with E-state index in [2.05, 4.69) is 15.3 Å². The second kappa shape index (κ2) is 5.08. The van der Waals surface area contributed by atoms with E-state index in [1.165, 1.54) is 10.5 Å². The molecule has 1 unspecified atom stereocenters. The Labute approximate surface area is 122 Å². The van der Waals surface area contributed by atoms with Crippen molar-refractivity contribution in [3.63, 3.8) is 0 Å². The summed E-state index contributed by atoms with van der Waals surface area (Å²) in [5.74, 6) is 0.478. The molecule has 21 heavy (non-hydrogen) atoms. The Morgan fingerprint density at radius 3 is 2.95 bits per heavy atom. The van der Waals surface area contributed by atoms with Crippen LogP contribution in [0.1, 0.15) is 19.2 Å². The molecule has 2 fully saturated rings. The number of amides is 1. The second-order valence-electron chi connectivity index (χ2n) is 5.38. The van der Waals surface area contributed by atoms with E-state index >= 15 is 0 Å². The topological polar surface area (TPSA) is 104 Å². The van der Waals surface area contributed by atoms with Crippen LogP contribution in [0.5, 0.6) is 0 Å². The Morgan fingerprint density at radius 1 is 1.52 bits per heavy atom. The molecular formula is C12H18N4O4S. The Balaban J connectivity index is 1.77. The van der Waals surface area contributed by atoms with Gasteiger partial charge in [-0.25, -0.2) is 13.4 Å². The SMILES string of the molecule is CCc1ncc(S(=O)(=O)N2CCC3(CNC(=O)CO3)C2)[nH]1. The number of aryl methyl sites for hydroxylation is 1. The van der Waals surface area contributed by atoms with Gasteiger partial charge in [-0.3, -0.25) is 4.79 Å². The largest absolute Gasteiger partial charge is 0.362 e. The highest BCUT2D eigenvalue weighted by molar-refractivity contribution is 7.89. The number of ether oxygens (including phenoxy) is 1. The second-order valence-corrected chi connectivity index (χ2v) is 7.29. The molecule has 1 atom stereocenters. The first-order valence-electron chi connectivity index (χ1n) is 6.90. The lowest BCUT2D eigenvalue weighted by molar-refractivity contribution is -0.141. The fourth-order valence-electron chi connectivity index (χ4n) is 2.65. The molecule has 0 aliphatic carbocycles. The molecule has 8 nitrogen and oxygen atoms in total. The first kappa shape index (κ1) is 14.5. The standard InChI is InChI=1S/C12H18N4O4S/c1-2-9-13-5-11(15-9)21(18,19)16-4-3-12(8-16)7-14-10(17)6-20-12/h5H,2-4,6-8H2,1H3,(H,13,15)(H,14,17). The number of imidazole rings is 1. The van der Waals surface area contributed by atoms with Crippen LogP contribution in [-0.4, -0.2) is 60.4 Å². The third-order valence-electron chi connectivity index (χ3n) is 3.96. The van der Waals surface area contributed by atoms with E-state index in [1.807, 2.05) is 6.92 Å². The van der Waals surface area contributed by atoms with Gasteiger partial charge in [-0.05, 0) is 6.42 Å². The summed E-state index contributed by atoms with van der Waals surface area (Å²) >= 11 is 0. The molecule has 2 saturated heterocycles. The van der Waals surface area contributed by atoms with Crippen molar-refractivity contribution in [3.05, 3.63) is 12.0 Å². The first-order chi connectivity index (χ1) is 9.95. The fraction of sp³-hybridized carbons (Fsp3) is 0.667. The predicted octanol–water partition coefficient (Wildman–Crippen LogP) is -0.748. The highest BCUT2D eigenvalue weighted by Crippen LogP contribution is 2.30. The fourth-order valence-corrected chi connectivity index (χ4v) is 4.10. The summed E-state index contributed by atoms with van der Waals surface area (Å²) in [7, 11) is -3.59. The summed E-state index contributed by atoms with van der Waals surface area (Å²) in [6.45, 7) is 2.85. The summed E-state index contributed by atoms with van der Waals surface area (Å²) in [4.78, 5) is 18.0. The average Bonchev–Trinajstić information content (AvgIpc) is 3.11. The van der Waals surface area contributed by atoms with Gasteiger partial charge in [0.05, 0.1) is 6.20 Å². The normalized spacial score (nSPS) is 27.2. The quantitative estimate of drug-likeness (QED) is 0.764. The summed E-state index contributed by atoms with van der Waals surface area (Å²) in [5, 5.41) is 2.84. The number of H-pyrrole nitrogens is 1. The zero-order valence-electron chi connectivity index (χ0n) is 11.8. The Bertz CT molecular complexity index is 644. The molecule has 2 N–H and O–H groups in total. The lowest BCUT2D eigenvalue weighted by atomic mass is 10.0. The number of aromatic nitrogens is 2. The molecule has 1 aromatic heterocycles. The van der Waals surface area contributed by atoms with Crippen molar-refractivity contribution in [1.29, 1.82) is 0 Å². The van der Waals surface area contributed by atoms with Crippen LogP contribution in [-0.2, 0) is 26.0 Å². The third-order valence-corrected chi connectivity index (χ3v) is 5.71. The molecule has 2 aliphatic rings. The van der Waals surface area contributed by atoms with Crippen LogP contribution < -0.4 is 5.32 Å². The van der Waals surface area contributed by atoms with Gasteiger partial charge >= 0.3 is 0 Å². The van der Waals surface area contributed by atoms with Crippen molar-refractivity contribution < 1.29 is 17.9 Å². The molecule has 3 rings (SSSR count). The maximum Gasteiger partial charge on any atom is 0.260 e. The number of hydrogen-bond donors (Lipinski definition) is 2. The number of nitrogens with zero attached hydrogens (tertiary/aromatic N) is 2. The minimum atomic E-state index is -3.59. The highest BCUT2D eigenvalue weighted by Gasteiger charge is 2.46. The van der Waals surface area contributed by atoms with Crippen LogP contribution in [0.4, 0.5) is 0 Å². The van der Waals surface area contributed by atoms with Crippen LogP contribution in [0.25, 0.3) is 0 Å². The molecule has 0 aromatic carbocycles. The lowest BCUT2D eigenvalue weighted by Crippen LogP contribution is -2.54. The van der Waals surface area contributed by atoms with E-state index in [0.717, 1.165) is 0 Å². The van der Waals surface area contributed by atoms with Gasteiger partial charge in [0, 0.05) is 26.1 Å². The molecule has 2 aliphatic heterocycles. The van der Waals surface area contributed by atoms with E-state index in [0.29, 0.717) is 31.8 Å². The van der Waals surface area contributed by atoms with Crippen molar-refractivity contribution >= 4 is 15.9 Å². The number of aromatic amines is 1. The maximum atomic E-state index is 12.6. The molecule has 0 saturated carbocycles. The number of hydrogen-bond acceptors (Lipinski definition) is 5. The Kier molecular flexibility index (Phi) is 3.50. The third kappa shape index (κ3) is 2.56. The number of rotatable bonds is 3. The maximum absolute atomic E-state index is 12.6. The number of carbonyl (C=O) groups is 1. The van der Waals surface area contributed by atoms with Crippen LogP contribution in [0, 0.1) is 0 Å². The van der Waals surface area contributed by atoms with Crippen LogP contribution >= 0.6 is 0 Å². The van der Waals surface area contributed by atoms with E-state index < -0.39 is 15.6 Å². The van der Waals surface area contributed by atoms with Crippen LogP contribution in [0.15, 0.2) is 11.2 Å². The van der Waals surface area contributed by atoms with Crippen molar-refractivity contribution in [3.8, 4) is 0 Å². The van der Waals surface area contributed by atoms with Gasteiger partial charge in [-0.1, -0.05) is 6.92 Å². The minimum absolute atomic E-state index is 0.0159. The summed E-state index contributed by atoms with van der Waals surface area (Å²) < 4.78 is 32.1. The van der Waals surface area contributed by atoms with Gasteiger partial charge in [0.2, 0.25) is 5.91 Å². The highest BCUT2D eigenvalue weighted by atomic mass is 32.2. The zero-order valence-corrected chi connectivity index (χ0v) is 12.6. The molecular weight excluding hydrogens is 296 g/mol. The molecule has 9 heteroatoms. The summed E-state index contributed by atoms with van der Waals surface area (Å²) in [5.41, 5.74) is -0.603. The number of carbonyl (C=O) groups excluding carboxylic acids is 1. The minimum Gasteiger partial charge on any atom is -0.362 e. The Hall–Kier alpha value is -1.45. The van der Waals surface area contributed by atoms with E-state index in [4.69, 9.17) is 4.74 Å².